The zero-order chi connectivity index (χ0) is 15.5. The molecule has 8 heteroatoms. The number of carbonyl (C=O) groups excluding carboxylic acids is 1. The summed E-state index contributed by atoms with van der Waals surface area (Å²) in [6.45, 7) is 3.59. The van der Waals surface area contributed by atoms with E-state index < -0.39 is 16.0 Å². The Morgan fingerprint density at radius 3 is 2.71 bits per heavy atom. The molecule has 2 N–H and O–H groups in total. The van der Waals surface area contributed by atoms with Gasteiger partial charge >= 0.3 is 5.97 Å². The van der Waals surface area contributed by atoms with Gasteiger partial charge in [-0.25, -0.2) is 18.4 Å². The van der Waals surface area contributed by atoms with Gasteiger partial charge in [-0.15, -0.1) is 0 Å². The third kappa shape index (κ3) is 4.05. The summed E-state index contributed by atoms with van der Waals surface area (Å²) in [6, 6.07) is 1.27. The number of rotatable bonds is 5. The lowest BCUT2D eigenvalue weighted by Gasteiger charge is -2.22. The molecule has 0 aliphatic carbocycles. The number of aryl methyl sites for hydroxylation is 1. The number of hydrogen-bond donors (Lipinski definition) is 1. The van der Waals surface area contributed by atoms with E-state index in [1.54, 1.807) is 4.57 Å². The van der Waals surface area contributed by atoms with Crippen molar-refractivity contribution in [1.82, 2.24) is 4.57 Å². The quantitative estimate of drug-likeness (QED) is 0.813. The maximum absolute atomic E-state index is 12.2. The highest BCUT2D eigenvalue weighted by molar-refractivity contribution is 7.89. The first-order valence-electron chi connectivity index (χ1n) is 6.93. The molecule has 0 radical (unpaired) electrons. The molecule has 0 atom stereocenters. The van der Waals surface area contributed by atoms with E-state index in [1.807, 2.05) is 6.92 Å². The van der Waals surface area contributed by atoms with Crippen molar-refractivity contribution in [3.8, 4) is 0 Å². The average molecular weight is 316 g/mol. The predicted octanol–water partition coefficient (Wildman–Crippen LogP) is 0.881. The van der Waals surface area contributed by atoms with Crippen LogP contribution in [-0.4, -0.2) is 38.3 Å². The Hall–Kier alpha value is -1.38. The fourth-order valence-electron chi connectivity index (χ4n) is 2.24. The molecule has 118 valence electrons. The van der Waals surface area contributed by atoms with Crippen LogP contribution in [0.3, 0.4) is 0 Å². The number of primary sulfonamides is 1. The van der Waals surface area contributed by atoms with Gasteiger partial charge in [-0.1, -0.05) is 6.92 Å². The minimum Gasteiger partial charge on any atom is -0.458 e. The Morgan fingerprint density at radius 2 is 2.14 bits per heavy atom. The molecule has 1 aromatic rings. The van der Waals surface area contributed by atoms with Gasteiger partial charge in [0.25, 0.3) is 0 Å². The predicted molar refractivity (Wildman–Crippen MR) is 75.4 cm³/mol. The first kappa shape index (κ1) is 16.0. The molecule has 1 aliphatic rings. The van der Waals surface area contributed by atoms with Crippen molar-refractivity contribution in [2.45, 2.75) is 43.7 Å². The van der Waals surface area contributed by atoms with Gasteiger partial charge in [0.2, 0.25) is 10.0 Å². The van der Waals surface area contributed by atoms with Crippen LogP contribution >= 0.6 is 0 Å². The van der Waals surface area contributed by atoms with Crippen molar-refractivity contribution >= 4 is 16.0 Å². The lowest BCUT2D eigenvalue weighted by Crippen LogP contribution is -2.27. The molecule has 0 amide bonds. The molecule has 0 unspecified atom stereocenters. The highest BCUT2D eigenvalue weighted by atomic mass is 32.2. The lowest BCUT2D eigenvalue weighted by molar-refractivity contribution is -0.0166. The summed E-state index contributed by atoms with van der Waals surface area (Å²) in [6.07, 6.45) is 3.26. The lowest BCUT2D eigenvalue weighted by atomic mass is 10.1. The summed E-state index contributed by atoms with van der Waals surface area (Å²) >= 11 is 0. The van der Waals surface area contributed by atoms with Crippen LogP contribution < -0.4 is 5.14 Å². The monoisotopic (exact) mass is 316 g/mol. The zero-order valence-corrected chi connectivity index (χ0v) is 12.8. The minimum atomic E-state index is -3.84. The third-order valence-electron chi connectivity index (χ3n) is 3.32. The number of aromatic nitrogens is 1. The summed E-state index contributed by atoms with van der Waals surface area (Å²) in [5.74, 6) is -0.523. The summed E-state index contributed by atoms with van der Waals surface area (Å²) < 4.78 is 35.0. The molecule has 0 saturated carbocycles. The molecule has 7 nitrogen and oxygen atoms in total. The molecule has 2 heterocycles. The summed E-state index contributed by atoms with van der Waals surface area (Å²) in [7, 11) is -3.84. The van der Waals surface area contributed by atoms with Crippen LogP contribution in [0, 0.1) is 0 Å². The largest absolute Gasteiger partial charge is 0.458 e. The first-order chi connectivity index (χ1) is 9.91. The normalized spacial score (nSPS) is 16.9. The molecule has 2 rings (SSSR count). The summed E-state index contributed by atoms with van der Waals surface area (Å²) in [5, 5.41) is 5.11. The Bertz CT molecular complexity index is 602. The Labute approximate surface area is 124 Å². The fourth-order valence-corrected chi connectivity index (χ4v) is 2.79. The van der Waals surface area contributed by atoms with Crippen LogP contribution in [0.15, 0.2) is 17.2 Å². The van der Waals surface area contributed by atoms with Crippen LogP contribution in [0.1, 0.15) is 36.7 Å². The molecular formula is C13H20N2O5S. The number of carbonyl (C=O) groups is 1. The van der Waals surface area contributed by atoms with Gasteiger partial charge in [0.15, 0.2) is 0 Å². The Balaban J connectivity index is 2.20. The highest BCUT2D eigenvalue weighted by Crippen LogP contribution is 2.18. The number of nitrogens with zero attached hydrogens (tertiary/aromatic N) is 1. The van der Waals surface area contributed by atoms with E-state index in [4.69, 9.17) is 14.6 Å². The molecule has 1 aromatic heterocycles. The van der Waals surface area contributed by atoms with E-state index in [-0.39, 0.29) is 16.7 Å². The molecule has 0 aromatic carbocycles. The van der Waals surface area contributed by atoms with Gasteiger partial charge in [0, 0.05) is 25.6 Å². The smallest absolute Gasteiger partial charge is 0.355 e. The van der Waals surface area contributed by atoms with E-state index in [2.05, 4.69) is 0 Å². The van der Waals surface area contributed by atoms with Gasteiger partial charge in [-0.05, 0) is 12.5 Å². The van der Waals surface area contributed by atoms with E-state index in [9.17, 15) is 13.2 Å². The summed E-state index contributed by atoms with van der Waals surface area (Å²) in [4.78, 5) is 12.2. The second-order valence-electron chi connectivity index (χ2n) is 5.02. The van der Waals surface area contributed by atoms with Crippen LogP contribution in [0.4, 0.5) is 0 Å². The molecule has 0 spiro atoms. The van der Waals surface area contributed by atoms with Crippen molar-refractivity contribution in [2.24, 2.45) is 5.14 Å². The maximum atomic E-state index is 12.2. The number of hydrogen-bond acceptors (Lipinski definition) is 5. The number of ether oxygens (including phenoxy) is 2. The van der Waals surface area contributed by atoms with Crippen molar-refractivity contribution in [3.63, 3.8) is 0 Å². The molecule has 1 aliphatic heterocycles. The van der Waals surface area contributed by atoms with Crippen LogP contribution in [0.2, 0.25) is 0 Å². The van der Waals surface area contributed by atoms with Crippen LogP contribution in [0.25, 0.3) is 0 Å². The minimum absolute atomic E-state index is 0.0742. The molecular weight excluding hydrogens is 296 g/mol. The Morgan fingerprint density at radius 1 is 1.48 bits per heavy atom. The SMILES string of the molecule is CCCn1cc(S(N)(=O)=O)cc1C(=O)OC1CCOCC1. The second-order valence-corrected chi connectivity index (χ2v) is 6.58. The van der Waals surface area contributed by atoms with Crippen molar-refractivity contribution in [3.05, 3.63) is 18.0 Å². The standard InChI is InChI=1S/C13H20N2O5S/c1-2-5-15-9-11(21(14,17)18)8-12(15)13(16)20-10-3-6-19-7-4-10/h8-10H,2-7H2,1H3,(H2,14,17,18). The number of esters is 1. The molecule has 1 fully saturated rings. The molecule has 1 saturated heterocycles. The van der Waals surface area contributed by atoms with Gasteiger partial charge < -0.3 is 14.0 Å². The second kappa shape index (κ2) is 6.59. The van der Waals surface area contributed by atoms with E-state index in [0.29, 0.717) is 32.6 Å². The van der Waals surface area contributed by atoms with Crippen molar-refractivity contribution in [2.75, 3.05) is 13.2 Å². The van der Waals surface area contributed by atoms with Gasteiger partial charge in [0.05, 0.1) is 13.2 Å². The average Bonchev–Trinajstić information content (AvgIpc) is 2.84. The summed E-state index contributed by atoms with van der Waals surface area (Å²) in [5.41, 5.74) is 0.215. The van der Waals surface area contributed by atoms with E-state index >= 15 is 0 Å². The number of nitrogens with two attached hydrogens (primary N) is 1. The van der Waals surface area contributed by atoms with E-state index in [0.717, 1.165) is 6.42 Å². The first-order valence-corrected chi connectivity index (χ1v) is 8.48. The van der Waals surface area contributed by atoms with Gasteiger partial charge in [0.1, 0.15) is 16.7 Å². The topological polar surface area (TPSA) is 101 Å². The van der Waals surface area contributed by atoms with Crippen LogP contribution in [-0.2, 0) is 26.0 Å². The molecule has 21 heavy (non-hydrogen) atoms. The van der Waals surface area contributed by atoms with Gasteiger partial charge in [-0.2, -0.15) is 0 Å². The fraction of sp³-hybridized carbons (Fsp3) is 0.615. The van der Waals surface area contributed by atoms with Crippen molar-refractivity contribution < 1.29 is 22.7 Å². The van der Waals surface area contributed by atoms with Crippen molar-refractivity contribution in [1.29, 1.82) is 0 Å². The highest BCUT2D eigenvalue weighted by Gasteiger charge is 2.23. The van der Waals surface area contributed by atoms with Crippen LogP contribution in [0.5, 0.6) is 0 Å². The molecule has 0 bridgehead atoms. The van der Waals surface area contributed by atoms with E-state index in [1.165, 1.54) is 12.3 Å². The Kier molecular flexibility index (Phi) is 5.02. The zero-order valence-electron chi connectivity index (χ0n) is 11.9. The number of sulfonamides is 1. The maximum Gasteiger partial charge on any atom is 0.355 e. The third-order valence-corrected chi connectivity index (χ3v) is 4.20. The van der Waals surface area contributed by atoms with Gasteiger partial charge in [-0.3, -0.25) is 0 Å².